The zero-order valence-corrected chi connectivity index (χ0v) is 12.8. The first kappa shape index (κ1) is 16.4. The first-order valence-corrected chi connectivity index (χ1v) is 7.85. The fraction of sp³-hybridized carbons (Fsp3) is 0.647. The van der Waals surface area contributed by atoms with Gasteiger partial charge in [-0.25, -0.2) is 4.39 Å². The van der Waals surface area contributed by atoms with Crippen LogP contribution in [0, 0.1) is 5.82 Å². The van der Waals surface area contributed by atoms with Gasteiger partial charge in [-0.2, -0.15) is 0 Å². The molecule has 2 rings (SSSR count). The van der Waals surface area contributed by atoms with Gasteiger partial charge in [-0.15, -0.1) is 0 Å². The van der Waals surface area contributed by atoms with E-state index < -0.39 is 0 Å². The Morgan fingerprint density at radius 3 is 2.81 bits per heavy atom. The Hall–Kier alpha value is -0.970. The molecule has 0 spiro atoms. The van der Waals surface area contributed by atoms with Crippen molar-refractivity contribution in [2.75, 3.05) is 33.5 Å². The summed E-state index contributed by atoms with van der Waals surface area (Å²) in [7, 11) is 1.68. The second-order valence-electron chi connectivity index (χ2n) is 5.69. The Labute approximate surface area is 126 Å². The number of nitrogens with one attached hydrogen (secondary N) is 1. The molecule has 1 fully saturated rings. The van der Waals surface area contributed by atoms with Gasteiger partial charge in [0.25, 0.3) is 0 Å². The van der Waals surface area contributed by atoms with Crippen LogP contribution >= 0.6 is 0 Å². The Morgan fingerprint density at radius 1 is 1.19 bits per heavy atom. The molecule has 3 nitrogen and oxygen atoms in total. The van der Waals surface area contributed by atoms with Crippen molar-refractivity contribution in [3.05, 3.63) is 35.6 Å². The van der Waals surface area contributed by atoms with Crippen LogP contribution < -0.4 is 5.32 Å². The molecule has 0 unspecified atom stereocenters. The minimum Gasteiger partial charge on any atom is -0.382 e. The van der Waals surface area contributed by atoms with Crippen LogP contribution in [0.15, 0.2) is 24.3 Å². The largest absolute Gasteiger partial charge is 0.382 e. The molecule has 4 heteroatoms. The highest BCUT2D eigenvalue weighted by Gasteiger charge is 2.29. The maximum Gasteiger partial charge on any atom is 0.123 e. The Bertz CT molecular complexity index is 408. The van der Waals surface area contributed by atoms with Gasteiger partial charge < -0.3 is 14.8 Å². The number of methoxy groups -OCH3 is 1. The summed E-state index contributed by atoms with van der Waals surface area (Å²) < 4.78 is 23.5. The van der Waals surface area contributed by atoms with Crippen molar-refractivity contribution < 1.29 is 13.9 Å². The van der Waals surface area contributed by atoms with Crippen LogP contribution in [0.2, 0.25) is 0 Å². The van der Waals surface area contributed by atoms with Crippen LogP contribution in [0.1, 0.15) is 37.2 Å². The molecule has 0 atom stereocenters. The van der Waals surface area contributed by atoms with Crippen LogP contribution in [0.25, 0.3) is 0 Å². The average molecular weight is 295 g/mol. The topological polar surface area (TPSA) is 30.5 Å². The second-order valence-corrected chi connectivity index (χ2v) is 5.69. The van der Waals surface area contributed by atoms with Gasteiger partial charge in [0.2, 0.25) is 0 Å². The third kappa shape index (κ3) is 5.73. The van der Waals surface area contributed by atoms with E-state index in [0.717, 1.165) is 44.4 Å². The summed E-state index contributed by atoms with van der Waals surface area (Å²) in [6, 6.07) is 7.59. The van der Waals surface area contributed by atoms with Gasteiger partial charge in [-0.05, 0) is 55.8 Å². The molecule has 1 aromatic carbocycles. The summed E-state index contributed by atoms with van der Waals surface area (Å²) >= 11 is 0. The highest BCUT2D eigenvalue weighted by molar-refractivity contribution is 5.23. The molecular formula is C17H26FNO2. The molecule has 0 aliphatic heterocycles. The Balaban J connectivity index is 1.47. The van der Waals surface area contributed by atoms with Gasteiger partial charge in [-0.3, -0.25) is 0 Å². The van der Waals surface area contributed by atoms with E-state index in [0.29, 0.717) is 25.2 Å². The number of benzene rings is 1. The SMILES string of the molecule is COCCOCCCCNC1CC(c2cccc(F)c2)C1. The van der Waals surface area contributed by atoms with E-state index in [2.05, 4.69) is 5.32 Å². The lowest BCUT2D eigenvalue weighted by atomic mass is 9.76. The fourth-order valence-electron chi connectivity index (χ4n) is 2.70. The van der Waals surface area contributed by atoms with Crippen LogP contribution in [-0.2, 0) is 9.47 Å². The van der Waals surface area contributed by atoms with E-state index >= 15 is 0 Å². The fourth-order valence-corrected chi connectivity index (χ4v) is 2.70. The van der Waals surface area contributed by atoms with Crippen LogP contribution in [0.5, 0.6) is 0 Å². The van der Waals surface area contributed by atoms with Crippen LogP contribution in [-0.4, -0.2) is 39.5 Å². The normalized spacial score (nSPS) is 21.2. The lowest BCUT2D eigenvalue weighted by molar-refractivity contribution is 0.0686. The molecule has 21 heavy (non-hydrogen) atoms. The van der Waals surface area contributed by atoms with E-state index in [-0.39, 0.29) is 5.82 Å². The number of halogens is 1. The quantitative estimate of drug-likeness (QED) is 0.673. The van der Waals surface area contributed by atoms with Crippen molar-refractivity contribution in [3.8, 4) is 0 Å². The maximum atomic E-state index is 13.1. The monoisotopic (exact) mass is 295 g/mol. The summed E-state index contributed by atoms with van der Waals surface area (Å²) in [5.41, 5.74) is 1.14. The first-order chi connectivity index (χ1) is 10.3. The van der Waals surface area contributed by atoms with Crippen LogP contribution in [0.3, 0.4) is 0 Å². The smallest absolute Gasteiger partial charge is 0.123 e. The molecule has 0 bridgehead atoms. The highest BCUT2D eigenvalue weighted by atomic mass is 19.1. The molecule has 1 aromatic rings. The predicted molar refractivity (Wildman–Crippen MR) is 82.1 cm³/mol. The average Bonchev–Trinajstić information content (AvgIpc) is 2.43. The lowest BCUT2D eigenvalue weighted by Crippen LogP contribution is -2.40. The number of rotatable bonds is 10. The first-order valence-electron chi connectivity index (χ1n) is 7.85. The van der Waals surface area contributed by atoms with E-state index in [1.54, 1.807) is 19.2 Å². The van der Waals surface area contributed by atoms with Gasteiger partial charge >= 0.3 is 0 Å². The van der Waals surface area contributed by atoms with Crippen molar-refractivity contribution in [1.82, 2.24) is 5.32 Å². The molecule has 0 aromatic heterocycles. The molecule has 0 saturated heterocycles. The van der Waals surface area contributed by atoms with Gasteiger partial charge in [-0.1, -0.05) is 12.1 Å². The molecule has 118 valence electrons. The molecule has 0 amide bonds. The number of ether oxygens (including phenoxy) is 2. The lowest BCUT2D eigenvalue weighted by Gasteiger charge is -2.36. The minimum absolute atomic E-state index is 0.127. The number of hydrogen-bond donors (Lipinski definition) is 1. The number of unbranched alkanes of at least 4 members (excludes halogenated alkanes) is 1. The van der Waals surface area contributed by atoms with Gasteiger partial charge in [0.15, 0.2) is 0 Å². The summed E-state index contributed by atoms with van der Waals surface area (Å²) in [5, 5.41) is 3.56. The molecule has 0 heterocycles. The second kappa shape index (κ2) is 9.13. The standard InChI is InChI=1S/C17H26FNO2/c1-20-9-10-21-8-3-2-7-19-17-12-15(13-17)14-5-4-6-16(18)11-14/h4-6,11,15,17,19H,2-3,7-10,12-13H2,1H3. The molecule has 1 aliphatic carbocycles. The van der Waals surface area contributed by atoms with E-state index in [1.165, 1.54) is 6.07 Å². The van der Waals surface area contributed by atoms with Crippen LogP contribution in [0.4, 0.5) is 4.39 Å². The zero-order chi connectivity index (χ0) is 14.9. The summed E-state index contributed by atoms with van der Waals surface area (Å²) in [5.74, 6) is 0.396. The van der Waals surface area contributed by atoms with E-state index in [1.807, 2.05) is 6.07 Å². The van der Waals surface area contributed by atoms with Gasteiger partial charge in [0, 0.05) is 19.8 Å². The molecule has 1 N–H and O–H groups in total. The Kier molecular flexibility index (Phi) is 7.13. The maximum absolute atomic E-state index is 13.1. The van der Waals surface area contributed by atoms with Crippen molar-refractivity contribution in [1.29, 1.82) is 0 Å². The van der Waals surface area contributed by atoms with E-state index in [9.17, 15) is 4.39 Å². The third-order valence-electron chi connectivity index (χ3n) is 4.04. The third-order valence-corrected chi connectivity index (χ3v) is 4.04. The zero-order valence-electron chi connectivity index (χ0n) is 12.8. The van der Waals surface area contributed by atoms with E-state index in [4.69, 9.17) is 9.47 Å². The van der Waals surface area contributed by atoms with Gasteiger partial charge in [0.05, 0.1) is 13.2 Å². The van der Waals surface area contributed by atoms with Crippen molar-refractivity contribution in [2.45, 2.75) is 37.6 Å². The van der Waals surface area contributed by atoms with Gasteiger partial charge in [0.1, 0.15) is 5.82 Å². The van der Waals surface area contributed by atoms with Crippen molar-refractivity contribution >= 4 is 0 Å². The number of hydrogen-bond acceptors (Lipinski definition) is 3. The molecule has 1 aliphatic rings. The van der Waals surface area contributed by atoms with Crippen molar-refractivity contribution in [3.63, 3.8) is 0 Å². The predicted octanol–water partition coefficient (Wildman–Crippen LogP) is 3.10. The minimum atomic E-state index is -0.127. The molecule has 0 radical (unpaired) electrons. The van der Waals surface area contributed by atoms with Crippen molar-refractivity contribution in [2.24, 2.45) is 0 Å². The summed E-state index contributed by atoms with van der Waals surface area (Å²) in [6.45, 7) is 3.19. The summed E-state index contributed by atoms with van der Waals surface area (Å²) in [6.07, 6.45) is 4.45. The molecular weight excluding hydrogens is 269 g/mol. The highest BCUT2D eigenvalue weighted by Crippen LogP contribution is 2.36. The summed E-state index contributed by atoms with van der Waals surface area (Å²) in [4.78, 5) is 0. The molecule has 1 saturated carbocycles. The Morgan fingerprint density at radius 2 is 2.05 bits per heavy atom.